The fourth-order valence-corrected chi connectivity index (χ4v) is 1.65. The summed E-state index contributed by atoms with van der Waals surface area (Å²) in [4.78, 5) is 16.8. The molecule has 1 rings (SSSR count). The van der Waals surface area contributed by atoms with Crippen LogP contribution >= 0.6 is 7.82 Å². The van der Waals surface area contributed by atoms with Crippen LogP contribution in [0, 0.1) is 0 Å². The van der Waals surface area contributed by atoms with E-state index in [0.717, 1.165) is 0 Å². The van der Waals surface area contributed by atoms with Gasteiger partial charge in [0.15, 0.2) is 0 Å². The quantitative estimate of drug-likeness (QED) is 0.288. The standard InChI is InChI=1S/C6H13O9P/c7-2-6(10)5(9)4(8)3(15-6)1-14-16(11,12)13/h3-5,7-10H,1-2H2,(H2,11,12,13)/t3-,4+,5-,6?/m1/s1. The first-order chi connectivity index (χ1) is 7.19. The normalized spacial score (nSPS) is 40.2. The van der Waals surface area contributed by atoms with Gasteiger partial charge in [-0.25, -0.2) is 4.57 Å². The highest BCUT2D eigenvalue weighted by atomic mass is 31.2. The zero-order chi connectivity index (χ0) is 12.6. The summed E-state index contributed by atoms with van der Waals surface area (Å²) in [5.74, 6) is -2.36. The summed E-state index contributed by atoms with van der Waals surface area (Å²) in [6, 6.07) is 0. The van der Waals surface area contributed by atoms with Gasteiger partial charge in [-0.3, -0.25) is 4.52 Å². The highest BCUT2D eigenvalue weighted by molar-refractivity contribution is 7.46. The number of aliphatic hydroxyl groups excluding tert-OH is 3. The molecule has 0 aliphatic carbocycles. The van der Waals surface area contributed by atoms with Gasteiger partial charge in [-0.05, 0) is 0 Å². The molecule has 10 heteroatoms. The van der Waals surface area contributed by atoms with Crippen molar-refractivity contribution < 1.29 is 44.0 Å². The molecule has 4 atom stereocenters. The van der Waals surface area contributed by atoms with Crippen LogP contribution < -0.4 is 0 Å². The van der Waals surface area contributed by atoms with Crippen LogP contribution in [-0.2, 0) is 13.8 Å². The number of aliphatic hydroxyl groups is 4. The van der Waals surface area contributed by atoms with Gasteiger partial charge in [0, 0.05) is 0 Å². The fraction of sp³-hybridized carbons (Fsp3) is 1.00. The van der Waals surface area contributed by atoms with E-state index in [-0.39, 0.29) is 0 Å². The molecule has 1 aliphatic rings. The Bertz CT molecular complexity index is 290. The molecular formula is C6H13O9P. The maximum Gasteiger partial charge on any atom is 0.469 e. The summed E-state index contributed by atoms with van der Waals surface area (Å²) in [5, 5.41) is 36.7. The zero-order valence-electron chi connectivity index (χ0n) is 8.00. The first kappa shape index (κ1) is 14.0. The van der Waals surface area contributed by atoms with Crippen molar-refractivity contribution in [3.05, 3.63) is 0 Å². The topological polar surface area (TPSA) is 157 Å². The third-order valence-corrected chi connectivity index (χ3v) is 2.64. The molecule has 1 fully saturated rings. The van der Waals surface area contributed by atoms with Gasteiger partial charge in [-0.1, -0.05) is 0 Å². The molecule has 0 bridgehead atoms. The Labute approximate surface area is 90.1 Å². The van der Waals surface area contributed by atoms with Crippen molar-refractivity contribution in [3.8, 4) is 0 Å². The molecule has 0 aromatic carbocycles. The summed E-state index contributed by atoms with van der Waals surface area (Å²) in [5.41, 5.74) is 0. The number of hydrogen-bond donors (Lipinski definition) is 6. The van der Waals surface area contributed by atoms with Crippen LogP contribution in [0.4, 0.5) is 0 Å². The summed E-state index contributed by atoms with van der Waals surface area (Å²) in [7, 11) is -4.73. The molecule has 0 aromatic heterocycles. The molecule has 1 saturated heterocycles. The minimum absolute atomic E-state index is 0.731. The van der Waals surface area contributed by atoms with Gasteiger partial charge < -0.3 is 34.9 Å². The molecule has 0 aromatic rings. The van der Waals surface area contributed by atoms with Crippen LogP contribution in [0.3, 0.4) is 0 Å². The molecule has 6 N–H and O–H groups in total. The van der Waals surface area contributed by atoms with Gasteiger partial charge in [0.2, 0.25) is 5.79 Å². The van der Waals surface area contributed by atoms with Crippen molar-refractivity contribution >= 4 is 7.82 Å². The van der Waals surface area contributed by atoms with Gasteiger partial charge >= 0.3 is 7.82 Å². The van der Waals surface area contributed by atoms with E-state index in [0.29, 0.717) is 0 Å². The van der Waals surface area contributed by atoms with E-state index in [4.69, 9.17) is 14.9 Å². The molecule has 16 heavy (non-hydrogen) atoms. The maximum absolute atomic E-state index is 10.4. The Morgan fingerprint density at radius 2 is 1.94 bits per heavy atom. The van der Waals surface area contributed by atoms with Crippen molar-refractivity contribution in [1.29, 1.82) is 0 Å². The average molecular weight is 260 g/mol. The molecule has 1 unspecified atom stereocenters. The Morgan fingerprint density at radius 1 is 1.38 bits per heavy atom. The Hall–Kier alpha value is -0.0900. The molecule has 0 spiro atoms. The molecular weight excluding hydrogens is 247 g/mol. The first-order valence-corrected chi connectivity index (χ1v) is 5.80. The summed E-state index contributed by atoms with van der Waals surface area (Å²) in [6.45, 7) is -1.71. The van der Waals surface area contributed by atoms with E-state index >= 15 is 0 Å². The van der Waals surface area contributed by atoms with Crippen LogP contribution in [0.25, 0.3) is 0 Å². The Kier molecular flexibility index (Phi) is 4.06. The second-order valence-corrected chi connectivity index (χ2v) is 4.62. The van der Waals surface area contributed by atoms with E-state index in [2.05, 4.69) is 9.26 Å². The molecule has 9 nitrogen and oxygen atoms in total. The van der Waals surface area contributed by atoms with Crippen LogP contribution in [0.5, 0.6) is 0 Å². The lowest BCUT2D eigenvalue weighted by Gasteiger charge is -2.22. The first-order valence-electron chi connectivity index (χ1n) is 4.27. The lowest BCUT2D eigenvalue weighted by Crippen LogP contribution is -2.46. The zero-order valence-corrected chi connectivity index (χ0v) is 8.90. The molecule has 1 heterocycles. The van der Waals surface area contributed by atoms with E-state index in [1.54, 1.807) is 0 Å². The monoisotopic (exact) mass is 260 g/mol. The van der Waals surface area contributed by atoms with Crippen LogP contribution in [-0.4, -0.2) is 67.5 Å². The molecule has 1 aliphatic heterocycles. The van der Waals surface area contributed by atoms with E-state index < -0.39 is 45.1 Å². The predicted molar refractivity (Wildman–Crippen MR) is 46.9 cm³/mol. The maximum atomic E-state index is 10.4. The van der Waals surface area contributed by atoms with Gasteiger partial charge in [0.1, 0.15) is 18.3 Å². The minimum Gasteiger partial charge on any atom is -0.391 e. The molecule has 0 radical (unpaired) electrons. The van der Waals surface area contributed by atoms with Crippen molar-refractivity contribution in [2.24, 2.45) is 0 Å². The second kappa shape index (κ2) is 4.65. The molecule has 0 amide bonds. The van der Waals surface area contributed by atoms with Crippen molar-refractivity contribution in [3.63, 3.8) is 0 Å². The highest BCUT2D eigenvalue weighted by Gasteiger charge is 2.53. The number of phosphoric acid groups is 1. The number of rotatable bonds is 4. The van der Waals surface area contributed by atoms with Crippen molar-refractivity contribution in [1.82, 2.24) is 0 Å². The smallest absolute Gasteiger partial charge is 0.391 e. The van der Waals surface area contributed by atoms with E-state index in [1.165, 1.54) is 0 Å². The van der Waals surface area contributed by atoms with Crippen LogP contribution in [0.1, 0.15) is 0 Å². The Balaban J connectivity index is 2.61. The van der Waals surface area contributed by atoms with E-state index in [9.17, 15) is 19.9 Å². The number of ether oxygens (including phenoxy) is 1. The molecule has 96 valence electrons. The highest BCUT2D eigenvalue weighted by Crippen LogP contribution is 2.38. The van der Waals surface area contributed by atoms with Gasteiger partial charge in [0.25, 0.3) is 0 Å². The van der Waals surface area contributed by atoms with Gasteiger partial charge in [-0.15, -0.1) is 0 Å². The molecule has 0 saturated carbocycles. The summed E-state index contributed by atoms with van der Waals surface area (Å²) < 4.78 is 19.1. The Morgan fingerprint density at radius 3 is 2.31 bits per heavy atom. The SMILES string of the molecule is O=P(O)(O)OC[C@H]1OC(O)(CO)[C@H](O)[C@H]1O. The number of phosphoric ester groups is 1. The largest absolute Gasteiger partial charge is 0.469 e. The predicted octanol–water partition coefficient (Wildman–Crippen LogP) is -3.10. The third-order valence-electron chi connectivity index (χ3n) is 2.16. The third kappa shape index (κ3) is 2.98. The van der Waals surface area contributed by atoms with Gasteiger partial charge in [-0.2, -0.15) is 0 Å². The van der Waals surface area contributed by atoms with Crippen LogP contribution in [0.15, 0.2) is 0 Å². The van der Waals surface area contributed by atoms with Crippen LogP contribution in [0.2, 0.25) is 0 Å². The van der Waals surface area contributed by atoms with Gasteiger partial charge in [0.05, 0.1) is 13.2 Å². The average Bonchev–Trinajstić information content (AvgIpc) is 2.40. The van der Waals surface area contributed by atoms with Crippen molar-refractivity contribution in [2.75, 3.05) is 13.2 Å². The minimum atomic E-state index is -4.73. The second-order valence-electron chi connectivity index (χ2n) is 3.38. The van der Waals surface area contributed by atoms with E-state index in [1.807, 2.05) is 0 Å². The summed E-state index contributed by atoms with van der Waals surface area (Å²) in [6.07, 6.45) is -4.76. The summed E-state index contributed by atoms with van der Waals surface area (Å²) >= 11 is 0. The lowest BCUT2D eigenvalue weighted by molar-refractivity contribution is -0.247. The fourth-order valence-electron chi connectivity index (χ4n) is 1.31. The lowest BCUT2D eigenvalue weighted by atomic mass is 10.1. The van der Waals surface area contributed by atoms with Crippen molar-refractivity contribution in [2.45, 2.75) is 24.1 Å². The number of hydrogen-bond acceptors (Lipinski definition) is 7.